The van der Waals surface area contributed by atoms with E-state index in [9.17, 15) is 0 Å². The molecule has 2 aromatic rings. The fourth-order valence-corrected chi connectivity index (χ4v) is 2.00. The lowest BCUT2D eigenvalue weighted by molar-refractivity contribution is 0.308. The first kappa shape index (κ1) is 20.0. The average Bonchev–Trinajstić information content (AvgIpc) is 2.51. The van der Waals surface area contributed by atoms with Crippen LogP contribution in [0.2, 0.25) is 0 Å². The predicted molar refractivity (Wildman–Crippen MR) is 104 cm³/mol. The molecule has 3 heteroatoms. The highest BCUT2D eigenvalue weighted by Gasteiger charge is 2.02. The number of rotatable bonds is 6. The van der Waals surface area contributed by atoms with Crippen molar-refractivity contribution >= 4 is 5.69 Å². The molecule has 2 aromatic carbocycles. The first-order chi connectivity index (χ1) is 11.3. The van der Waals surface area contributed by atoms with Crippen LogP contribution < -0.4 is 16.2 Å². The Labute approximate surface area is 147 Å². The van der Waals surface area contributed by atoms with Gasteiger partial charge in [0.15, 0.2) is 0 Å². The highest BCUT2D eigenvalue weighted by atomic mass is 16.5. The maximum atomic E-state index is 6.03. The Balaban J connectivity index is 0.000000505. The van der Waals surface area contributed by atoms with Crippen molar-refractivity contribution in [3.05, 3.63) is 59.7 Å². The first-order valence-electron chi connectivity index (χ1n) is 8.63. The quantitative estimate of drug-likeness (QED) is 0.739. The van der Waals surface area contributed by atoms with Crippen LogP contribution >= 0.6 is 0 Å². The van der Waals surface area contributed by atoms with Crippen LogP contribution in [0.4, 0.5) is 5.69 Å². The summed E-state index contributed by atoms with van der Waals surface area (Å²) < 4.78 is 5.76. The molecule has 0 spiro atoms. The molecule has 3 nitrogen and oxygen atoms in total. The number of ether oxygens (including phenoxy) is 1. The second-order valence-corrected chi connectivity index (χ2v) is 7.12. The number of unbranched alkanes of at least 4 members (excludes halogenated alkanes) is 1. The van der Waals surface area contributed by atoms with Gasteiger partial charge in [0.1, 0.15) is 12.4 Å². The van der Waals surface area contributed by atoms with E-state index in [2.05, 4.69) is 13.0 Å². The van der Waals surface area contributed by atoms with Gasteiger partial charge in [0.25, 0.3) is 0 Å². The van der Waals surface area contributed by atoms with Crippen LogP contribution in [0.1, 0.15) is 51.7 Å². The zero-order valence-corrected chi connectivity index (χ0v) is 15.5. The summed E-state index contributed by atoms with van der Waals surface area (Å²) in [5.41, 5.74) is 14.5. The first-order valence-corrected chi connectivity index (χ1v) is 8.63. The number of nitrogens with two attached hydrogens (primary N) is 2. The molecule has 0 aliphatic heterocycles. The van der Waals surface area contributed by atoms with Crippen molar-refractivity contribution in [2.45, 2.75) is 59.1 Å². The molecule has 0 amide bonds. The van der Waals surface area contributed by atoms with Crippen molar-refractivity contribution in [3.63, 3.8) is 0 Å². The van der Waals surface area contributed by atoms with Gasteiger partial charge in [0.05, 0.1) is 5.69 Å². The van der Waals surface area contributed by atoms with Crippen LogP contribution in [0.25, 0.3) is 0 Å². The lowest BCUT2D eigenvalue weighted by atomic mass is 10.1. The van der Waals surface area contributed by atoms with E-state index in [4.69, 9.17) is 16.2 Å². The summed E-state index contributed by atoms with van der Waals surface area (Å²) in [5, 5.41) is 0. The lowest BCUT2D eigenvalue weighted by Gasteiger charge is -2.10. The van der Waals surface area contributed by atoms with Crippen molar-refractivity contribution < 1.29 is 4.74 Å². The second kappa shape index (κ2) is 9.99. The Morgan fingerprint density at radius 3 is 2.12 bits per heavy atom. The third-order valence-corrected chi connectivity index (χ3v) is 3.13. The van der Waals surface area contributed by atoms with Gasteiger partial charge in [-0.2, -0.15) is 0 Å². The number of hydrogen-bond acceptors (Lipinski definition) is 3. The Bertz CT molecular complexity index is 583. The summed E-state index contributed by atoms with van der Waals surface area (Å²) in [5.74, 6) is 0.768. The van der Waals surface area contributed by atoms with Gasteiger partial charge >= 0.3 is 0 Å². The van der Waals surface area contributed by atoms with Crippen LogP contribution in [0, 0.1) is 0 Å². The van der Waals surface area contributed by atoms with Crippen molar-refractivity contribution in [3.8, 4) is 5.75 Å². The predicted octanol–water partition coefficient (Wildman–Crippen LogP) is 4.93. The molecule has 24 heavy (non-hydrogen) atoms. The minimum atomic E-state index is 0. The molecule has 2 rings (SSSR count). The summed E-state index contributed by atoms with van der Waals surface area (Å²) in [6.45, 7) is 8.65. The van der Waals surface area contributed by atoms with E-state index >= 15 is 0 Å². The normalized spacial score (nSPS) is 10.7. The highest BCUT2D eigenvalue weighted by molar-refractivity contribution is 5.54. The topological polar surface area (TPSA) is 61.3 Å². The average molecular weight is 329 g/mol. The minimum Gasteiger partial charge on any atom is -0.487 e. The van der Waals surface area contributed by atoms with Crippen molar-refractivity contribution in [2.75, 3.05) is 5.73 Å². The van der Waals surface area contributed by atoms with Gasteiger partial charge in [-0.15, -0.1) is 0 Å². The molecular weight excluding hydrogens is 296 g/mol. The van der Waals surface area contributed by atoms with Gasteiger partial charge in [-0.3, -0.25) is 0 Å². The van der Waals surface area contributed by atoms with E-state index in [0.29, 0.717) is 6.61 Å². The van der Waals surface area contributed by atoms with Gasteiger partial charge in [-0.1, -0.05) is 49.7 Å². The number of anilines is 1. The van der Waals surface area contributed by atoms with Gasteiger partial charge in [0.2, 0.25) is 0 Å². The number of nitrogen functional groups attached to an aromatic ring is 1. The Hall–Kier alpha value is -2.00. The Kier molecular flexibility index (Phi) is 8.34. The van der Waals surface area contributed by atoms with Gasteiger partial charge in [0, 0.05) is 5.54 Å². The van der Waals surface area contributed by atoms with Crippen LogP contribution in [0.15, 0.2) is 48.5 Å². The molecule has 132 valence electrons. The van der Waals surface area contributed by atoms with Crippen LogP contribution in [0.3, 0.4) is 0 Å². The van der Waals surface area contributed by atoms with Crippen LogP contribution in [0.5, 0.6) is 5.75 Å². The van der Waals surface area contributed by atoms with Crippen molar-refractivity contribution in [1.82, 2.24) is 0 Å². The van der Waals surface area contributed by atoms with Crippen molar-refractivity contribution in [2.24, 2.45) is 5.73 Å². The molecule has 0 aliphatic rings. The maximum Gasteiger partial charge on any atom is 0.142 e. The molecule has 0 atom stereocenters. The lowest BCUT2D eigenvalue weighted by Crippen LogP contribution is -2.26. The summed E-state index contributed by atoms with van der Waals surface area (Å²) in [6, 6.07) is 16.2. The van der Waals surface area contributed by atoms with Gasteiger partial charge in [-0.05, 0) is 56.9 Å². The molecule has 0 unspecified atom stereocenters. The molecular formula is C21H32N2O. The molecule has 0 fully saturated rings. The van der Waals surface area contributed by atoms with Crippen LogP contribution in [-0.2, 0) is 13.0 Å². The minimum absolute atomic E-state index is 0. The molecule has 0 saturated carbocycles. The highest BCUT2D eigenvalue weighted by Crippen LogP contribution is 2.24. The largest absolute Gasteiger partial charge is 0.487 e. The summed E-state index contributed by atoms with van der Waals surface area (Å²) in [6.07, 6.45) is 3.48. The Morgan fingerprint density at radius 1 is 0.958 bits per heavy atom. The fraction of sp³-hybridized carbons (Fsp3) is 0.429. The molecule has 0 radical (unpaired) electrons. The molecule has 4 N–H and O–H groups in total. The molecule has 0 heterocycles. The third-order valence-electron chi connectivity index (χ3n) is 3.13. The van der Waals surface area contributed by atoms with E-state index in [1.165, 1.54) is 18.4 Å². The van der Waals surface area contributed by atoms with E-state index in [-0.39, 0.29) is 5.54 Å². The maximum absolute atomic E-state index is 6.03. The Morgan fingerprint density at radius 2 is 1.58 bits per heavy atom. The fourth-order valence-electron chi connectivity index (χ4n) is 2.00. The number of aryl methyl sites for hydroxylation is 1. The van der Waals surface area contributed by atoms with E-state index in [1.54, 1.807) is 0 Å². The molecule has 0 aromatic heterocycles. The zero-order chi connectivity index (χ0) is 18.0. The summed E-state index contributed by atoms with van der Waals surface area (Å²) in [7, 11) is 0. The monoisotopic (exact) mass is 328 g/mol. The van der Waals surface area contributed by atoms with Crippen LogP contribution in [-0.4, -0.2) is 5.54 Å². The zero-order valence-electron chi connectivity index (χ0n) is 15.5. The van der Waals surface area contributed by atoms with E-state index in [0.717, 1.165) is 23.4 Å². The second-order valence-electron chi connectivity index (χ2n) is 7.12. The molecule has 0 bridgehead atoms. The summed E-state index contributed by atoms with van der Waals surface area (Å²) in [4.78, 5) is 0. The van der Waals surface area contributed by atoms with Crippen molar-refractivity contribution in [1.29, 1.82) is 0 Å². The van der Waals surface area contributed by atoms with Gasteiger partial charge in [-0.25, -0.2) is 0 Å². The number of benzene rings is 2. The van der Waals surface area contributed by atoms with E-state index < -0.39 is 0 Å². The standard InChI is InChI=1S/C17H21NO.C4H11N/c1-2-3-7-14-10-11-17(16(18)12-14)19-13-15-8-5-4-6-9-15;1-4(2,3)5/h4-6,8-12H,2-3,7,13,18H2,1H3;5H2,1-3H3. The SMILES string of the molecule is CC(C)(C)N.CCCCc1ccc(OCc2ccccc2)c(N)c1. The smallest absolute Gasteiger partial charge is 0.142 e. The third kappa shape index (κ3) is 9.21. The summed E-state index contributed by atoms with van der Waals surface area (Å²) >= 11 is 0. The van der Waals surface area contributed by atoms with Gasteiger partial charge < -0.3 is 16.2 Å². The number of hydrogen-bond donors (Lipinski definition) is 2. The molecule has 0 saturated heterocycles. The molecule has 0 aliphatic carbocycles. The van der Waals surface area contributed by atoms with E-state index in [1.807, 2.05) is 63.2 Å².